The van der Waals surface area contributed by atoms with Crippen LogP contribution in [0.5, 0.6) is 5.88 Å². The zero-order chi connectivity index (χ0) is 25.6. The van der Waals surface area contributed by atoms with Crippen LogP contribution < -0.4 is 5.32 Å². The van der Waals surface area contributed by atoms with Gasteiger partial charge in [-0.15, -0.1) is 0 Å². The second-order valence-electron chi connectivity index (χ2n) is 9.75. The second-order valence-corrected chi connectivity index (χ2v) is 9.75. The molecule has 3 N–H and O–H groups in total. The summed E-state index contributed by atoms with van der Waals surface area (Å²) < 4.78 is 0. The van der Waals surface area contributed by atoms with E-state index in [1.165, 1.54) is 37.9 Å². The number of aromatic nitrogens is 1. The summed E-state index contributed by atoms with van der Waals surface area (Å²) >= 11 is 0. The van der Waals surface area contributed by atoms with Gasteiger partial charge in [-0.25, -0.2) is 0 Å². The number of aromatic amines is 1. The molecule has 1 amide bonds. The van der Waals surface area contributed by atoms with Crippen LogP contribution in [0.3, 0.4) is 0 Å². The molecule has 1 aliphatic heterocycles. The van der Waals surface area contributed by atoms with E-state index >= 15 is 0 Å². The Kier molecular flexibility index (Phi) is 7.66. The highest BCUT2D eigenvalue weighted by Gasteiger charge is 2.17. The number of hydrogen-bond acceptors (Lipinski definition) is 4. The van der Waals surface area contributed by atoms with E-state index < -0.39 is 0 Å². The van der Waals surface area contributed by atoms with Gasteiger partial charge in [-0.2, -0.15) is 0 Å². The van der Waals surface area contributed by atoms with Crippen molar-refractivity contribution >= 4 is 28.7 Å². The fraction of sp³-hybridized carbons (Fsp3) is 0.290. The topological polar surface area (TPSA) is 80.7 Å². The summed E-state index contributed by atoms with van der Waals surface area (Å²) in [7, 11) is 0. The summed E-state index contributed by atoms with van der Waals surface area (Å²) in [5.41, 5.74) is 5.04. The number of aromatic hydroxyl groups is 1. The van der Waals surface area contributed by atoms with Gasteiger partial charge in [0.2, 0.25) is 0 Å². The first kappa shape index (κ1) is 24.8. The van der Waals surface area contributed by atoms with E-state index in [4.69, 9.17) is 0 Å². The van der Waals surface area contributed by atoms with Gasteiger partial charge in [0, 0.05) is 29.2 Å². The molecule has 0 spiro atoms. The Morgan fingerprint density at radius 2 is 1.81 bits per heavy atom. The lowest BCUT2D eigenvalue weighted by Gasteiger charge is -2.26. The third-order valence-electron chi connectivity index (χ3n) is 7.13. The first-order valence-electron chi connectivity index (χ1n) is 13.2. The van der Waals surface area contributed by atoms with E-state index in [2.05, 4.69) is 39.2 Å². The fourth-order valence-electron chi connectivity index (χ4n) is 5.02. The van der Waals surface area contributed by atoms with Gasteiger partial charge in [-0.1, -0.05) is 55.8 Å². The molecule has 0 aliphatic carbocycles. The van der Waals surface area contributed by atoms with Crippen molar-refractivity contribution in [1.29, 1.82) is 0 Å². The van der Waals surface area contributed by atoms with E-state index in [9.17, 15) is 9.90 Å². The largest absolute Gasteiger partial charge is 0.494 e. The number of nitrogens with one attached hydrogen (secondary N) is 2. The van der Waals surface area contributed by atoms with Crippen LogP contribution in [0, 0.1) is 0 Å². The first-order valence-corrected chi connectivity index (χ1v) is 13.2. The molecule has 5 rings (SSSR count). The van der Waals surface area contributed by atoms with Crippen LogP contribution in [0.15, 0.2) is 77.8 Å². The molecule has 4 aromatic rings. The molecular weight excluding hydrogens is 460 g/mol. The van der Waals surface area contributed by atoms with Gasteiger partial charge in [-0.05, 0) is 73.8 Å². The van der Waals surface area contributed by atoms with Gasteiger partial charge < -0.3 is 15.4 Å². The Balaban J connectivity index is 1.32. The molecule has 2 heterocycles. The molecule has 1 aromatic heterocycles. The highest BCUT2D eigenvalue weighted by atomic mass is 16.3. The summed E-state index contributed by atoms with van der Waals surface area (Å²) in [4.78, 5) is 23.2. The predicted molar refractivity (Wildman–Crippen MR) is 150 cm³/mol. The van der Waals surface area contributed by atoms with Crippen LogP contribution in [0.4, 0.5) is 5.69 Å². The summed E-state index contributed by atoms with van der Waals surface area (Å²) in [6.45, 7) is 5.37. The zero-order valence-corrected chi connectivity index (χ0v) is 21.3. The Morgan fingerprint density at radius 3 is 2.54 bits per heavy atom. The lowest BCUT2D eigenvalue weighted by molar-refractivity contribution is 0.0935. The molecule has 6 nitrogen and oxygen atoms in total. The number of carbonyl (C=O) groups is 1. The lowest BCUT2D eigenvalue weighted by atomic mass is 10.0. The lowest BCUT2D eigenvalue weighted by Crippen LogP contribution is -2.28. The molecule has 1 fully saturated rings. The molecule has 37 heavy (non-hydrogen) atoms. The molecule has 1 atom stereocenters. The molecule has 1 aliphatic rings. The van der Waals surface area contributed by atoms with Crippen molar-refractivity contribution in [1.82, 2.24) is 15.2 Å². The maximum atomic E-state index is 13.1. The average molecular weight is 495 g/mol. The molecule has 0 bridgehead atoms. The number of nitrogens with zero attached hydrogens (tertiary/aromatic N) is 2. The number of hydrogen-bond donors (Lipinski definition) is 3. The van der Waals surface area contributed by atoms with E-state index in [0.29, 0.717) is 11.1 Å². The monoisotopic (exact) mass is 494 g/mol. The summed E-state index contributed by atoms with van der Waals surface area (Å²) in [6, 6.07) is 23.6. The maximum Gasteiger partial charge on any atom is 0.251 e. The number of rotatable bonds is 8. The summed E-state index contributed by atoms with van der Waals surface area (Å²) in [6.07, 6.45) is 6.36. The highest BCUT2D eigenvalue weighted by molar-refractivity contribution is 6.06. The molecule has 1 saturated heterocycles. The van der Waals surface area contributed by atoms with Crippen molar-refractivity contribution < 1.29 is 9.90 Å². The SMILES string of the molecule is CC[C@H](NC(=O)c1ccc2[nH]c(O)c(C=Nc3ccc(CN4CCCCC4)cc3)c2c1)c1ccccc1. The minimum absolute atomic E-state index is 0.0359. The number of fused-ring (bicyclic) bond motifs is 1. The smallest absolute Gasteiger partial charge is 0.251 e. The summed E-state index contributed by atoms with van der Waals surface area (Å²) in [5, 5.41) is 14.4. The Hall–Kier alpha value is -3.90. The third kappa shape index (κ3) is 5.92. The standard InChI is InChI=1S/C31H34N4O2/c1-2-28(23-9-5-3-6-10-23)33-30(36)24-13-16-29-26(19-24)27(31(37)34-29)20-32-25-14-11-22(12-15-25)21-35-17-7-4-8-18-35/h3,5-6,9-16,19-20,28,34,37H,2,4,7-8,17-18,21H2,1H3,(H,33,36)/t28-/m0/s1. The molecule has 3 aromatic carbocycles. The van der Waals surface area contributed by atoms with Crippen LogP contribution >= 0.6 is 0 Å². The quantitative estimate of drug-likeness (QED) is 0.245. The van der Waals surface area contributed by atoms with Gasteiger partial charge in [0.15, 0.2) is 5.88 Å². The molecule has 0 saturated carbocycles. The number of aliphatic imine (C=N–C) groups is 1. The molecule has 0 unspecified atom stereocenters. The predicted octanol–water partition coefficient (Wildman–Crippen LogP) is 6.49. The van der Waals surface area contributed by atoms with Crippen LogP contribution in [0.25, 0.3) is 10.9 Å². The Morgan fingerprint density at radius 1 is 1.05 bits per heavy atom. The number of H-pyrrole nitrogens is 1. The van der Waals surface area contributed by atoms with Crippen molar-refractivity contribution in [2.24, 2.45) is 4.99 Å². The maximum absolute atomic E-state index is 13.1. The number of benzene rings is 3. The van der Waals surface area contributed by atoms with Crippen molar-refractivity contribution in [3.8, 4) is 5.88 Å². The van der Waals surface area contributed by atoms with Gasteiger partial charge in [0.25, 0.3) is 5.91 Å². The molecule has 190 valence electrons. The third-order valence-corrected chi connectivity index (χ3v) is 7.13. The number of likely N-dealkylation sites (tertiary alicyclic amines) is 1. The van der Waals surface area contributed by atoms with Crippen molar-refractivity contribution in [2.45, 2.75) is 45.2 Å². The molecular formula is C31H34N4O2. The second kappa shape index (κ2) is 11.4. The van der Waals surface area contributed by atoms with Crippen LogP contribution in [-0.4, -0.2) is 40.2 Å². The minimum Gasteiger partial charge on any atom is -0.494 e. The molecule has 0 radical (unpaired) electrons. The average Bonchev–Trinajstić information content (AvgIpc) is 3.26. The number of amides is 1. The fourth-order valence-corrected chi connectivity index (χ4v) is 5.02. The Bertz CT molecular complexity index is 1370. The van der Waals surface area contributed by atoms with E-state index in [-0.39, 0.29) is 17.8 Å². The van der Waals surface area contributed by atoms with Crippen LogP contribution in [0.1, 0.15) is 65.7 Å². The van der Waals surface area contributed by atoms with Crippen LogP contribution in [0.2, 0.25) is 0 Å². The van der Waals surface area contributed by atoms with Crippen molar-refractivity contribution in [3.63, 3.8) is 0 Å². The van der Waals surface area contributed by atoms with Gasteiger partial charge in [0.05, 0.1) is 17.3 Å². The first-order chi connectivity index (χ1) is 18.1. The summed E-state index contributed by atoms with van der Waals surface area (Å²) in [5.74, 6) is -0.112. The molecule has 6 heteroatoms. The zero-order valence-electron chi connectivity index (χ0n) is 21.3. The number of carbonyl (C=O) groups excluding carboxylic acids is 1. The van der Waals surface area contributed by atoms with Crippen molar-refractivity contribution in [2.75, 3.05) is 13.1 Å². The van der Waals surface area contributed by atoms with E-state index in [0.717, 1.165) is 35.1 Å². The van der Waals surface area contributed by atoms with Crippen molar-refractivity contribution in [3.05, 3.63) is 95.1 Å². The van der Waals surface area contributed by atoms with Gasteiger partial charge in [0.1, 0.15) is 0 Å². The Labute approximate surface area is 218 Å². The van der Waals surface area contributed by atoms with Gasteiger partial charge >= 0.3 is 0 Å². The highest BCUT2D eigenvalue weighted by Crippen LogP contribution is 2.28. The van der Waals surface area contributed by atoms with Crippen LogP contribution in [-0.2, 0) is 6.54 Å². The number of piperidine rings is 1. The normalized spacial score (nSPS) is 15.3. The van der Waals surface area contributed by atoms with E-state index in [1.54, 1.807) is 12.3 Å². The van der Waals surface area contributed by atoms with Gasteiger partial charge in [-0.3, -0.25) is 14.7 Å². The van der Waals surface area contributed by atoms with E-state index in [1.807, 2.05) is 54.6 Å². The minimum atomic E-state index is -0.148.